The summed E-state index contributed by atoms with van der Waals surface area (Å²) in [5.41, 5.74) is 8.14. The smallest absolute Gasteiger partial charge is 0.315 e. The Morgan fingerprint density at radius 3 is 2.89 bits per heavy atom. The molecule has 1 aliphatic rings. The van der Waals surface area contributed by atoms with Gasteiger partial charge in [0.05, 0.1) is 6.04 Å². The second-order valence-electron chi connectivity index (χ2n) is 5.75. The molecule has 1 aromatic rings. The molecule has 0 bridgehead atoms. The fourth-order valence-corrected chi connectivity index (χ4v) is 2.76. The van der Waals surface area contributed by atoms with Crippen LogP contribution in [0.4, 0.5) is 4.79 Å². The number of hydrogen-bond acceptors (Lipinski definition) is 2. The molecule has 0 fully saturated rings. The molecular formula is C15H23N3O. The molecule has 0 spiro atoms. The molecule has 1 aromatic carbocycles. The Hall–Kier alpha value is -1.55. The average molecular weight is 261 g/mol. The summed E-state index contributed by atoms with van der Waals surface area (Å²) in [6.07, 6.45) is 2.05. The Bertz CT molecular complexity index is 456. The van der Waals surface area contributed by atoms with Gasteiger partial charge in [-0.15, -0.1) is 0 Å². The third-order valence-corrected chi connectivity index (χ3v) is 3.86. The Balaban J connectivity index is 2.14. The number of rotatable bonds is 3. The van der Waals surface area contributed by atoms with Crippen LogP contribution < -0.4 is 16.4 Å². The van der Waals surface area contributed by atoms with Crippen molar-refractivity contribution < 1.29 is 4.79 Å². The predicted molar refractivity (Wildman–Crippen MR) is 77.0 cm³/mol. The largest absolute Gasteiger partial charge is 0.337 e. The SMILES string of the molecule is CC1(C)CCC(NC(=O)NCCN)c2ccccc21. The van der Waals surface area contributed by atoms with Crippen LogP contribution in [0.15, 0.2) is 24.3 Å². The van der Waals surface area contributed by atoms with Gasteiger partial charge in [-0.2, -0.15) is 0 Å². The summed E-state index contributed by atoms with van der Waals surface area (Å²) in [4.78, 5) is 11.8. The zero-order valence-electron chi connectivity index (χ0n) is 11.7. The first kappa shape index (κ1) is 13.9. The molecule has 4 nitrogen and oxygen atoms in total. The molecule has 1 aliphatic carbocycles. The van der Waals surface area contributed by atoms with Crippen molar-refractivity contribution in [2.24, 2.45) is 5.73 Å². The van der Waals surface area contributed by atoms with E-state index in [0.29, 0.717) is 13.1 Å². The molecule has 0 aliphatic heterocycles. The summed E-state index contributed by atoms with van der Waals surface area (Å²) in [7, 11) is 0. The van der Waals surface area contributed by atoms with Crippen LogP contribution in [0.5, 0.6) is 0 Å². The number of fused-ring (bicyclic) bond motifs is 1. The maximum atomic E-state index is 11.8. The minimum Gasteiger partial charge on any atom is -0.337 e. The van der Waals surface area contributed by atoms with E-state index in [4.69, 9.17) is 5.73 Å². The fourth-order valence-electron chi connectivity index (χ4n) is 2.76. The van der Waals surface area contributed by atoms with E-state index in [1.165, 1.54) is 11.1 Å². The van der Waals surface area contributed by atoms with Gasteiger partial charge in [0.15, 0.2) is 0 Å². The van der Waals surface area contributed by atoms with Gasteiger partial charge >= 0.3 is 6.03 Å². The molecule has 0 saturated carbocycles. The number of carbonyl (C=O) groups excluding carboxylic acids is 1. The molecule has 4 N–H and O–H groups in total. The predicted octanol–water partition coefficient (Wildman–Crippen LogP) is 2.06. The lowest BCUT2D eigenvalue weighted by atomic mass is 9.71. The van der Waals surface area contributed by atoms with E-state index >= 15 is 0 Å². The number of nitrogens with two attached hydrogens (primary N) is 1. The maximum Gasteiger partial charge on any atom is 0.315 e. The molecule has 0 aromatic heterocycles. The highest BCUT2D eigenvalue weighted by Gasteiger charge is 2.32. The van der Waals surface area contributed by atoms with E-state index in [0.717, 1.165) is 12.8 Å². The van der Waals surface area contributed by atoms with Gasteiger partial charge in [0, 0.05) is 13.1 Å². The highest BCUT2D eigenvalue weighted by Crippen LogP contribution is 2.41. The minimum atomic E-state index is -0.134. The molecule has 1 atom stereocenters. The lowest BCUT2D eigenvalue weighted by Gasteiger charge is -2.37. The molecule has 4 heteroatoms. The Kier molecular flexibility index (Phi) is 4.10. The zero-order chi connectivity index (χ0) is 13.9. The van der Waals surface area contributed by atoms with E-state index in [1.54, 1.807) is 0 Å². The van der Waals surface area contributed by atoms with Crippen molar-refractivity contribution in [1.82, 2.24) is 10.6 Å². The zero-order valence-corrected chi connectivity index (χ0v) is 11.7. The normalized spacial score (nSPS) is 20.5. The molecule has 1 unspecified atom stereocenters. The van der Waals surface area contributed by atoms with Crippen molar-refractivity contribution in [3.8, 4) is 0 Å². The van der Waals surface area contributed by atoms with Crippen molar-refractivity contribution in [1.29, 1.82) is 0 Å². The average Bonchev–Trinajstić information content (AvgIpc) is 2.40. The number of urea groups is 1. The van der Waals surface area contributed by atoms with Crippen LogP contribution >= 0.6 is 0 Å². The van der Waals surface area contributed by atoms with Gasteiger partial charge < -0.3 is 16.4 Å². The van der Waals surface area contributed by atoms with Gasteiger partial charge in [0.25, 0.3) is 0 Å². The molecule has 2 rings (SSSR count). The van der Waals surface area contributed by atoms with E-state index in [9.17, 15) is 4.79 Å². The van der Waals surface area contributed by atoms with Gasteiger partial charge in [0.2, 0.25) is 0 Å². The second kappa shape index (κ2) is 5.61. The first-order chi connectivity index (χ1) is 9.04. The fraction of sp³-hybridized carbons (Fsp3) is 0.533. The highest BCUT2D eigenvalue weighted by atomic mass is 16.2. The molecule has 0 heterocycles. The topological polar surface area (TPSA) is 67.2 Å². The third-order valence-electron chi connectivity index (χ3n) is 3.86. The summed E-state index contributed by atoms with van der Waals surface area (Å²) in [6, 6.07) is 8.35. The number of carbonyl (C=O) groups is 1. The summed E-state index contributed by atoms with van der Waals surface area (Å²) < 4.78 is 0. The second-order valence-corrected chi connectivity index (χ2v) is 5.75. The van der Waals surface area contributed by atoms with Gasteiger partial charge in [-0.25, -0.2) is 4.79 Å². The van der Waals surface area contributed by atoms with Crippen molar-refractivity contribution in [2.75, 3.05) is 13.1 Å². The van der Waals surface area contributed by atoms with Crippen LogP contribution in [0, 0.1) is 0 Å². The molecule has 104 valence electrons. The molecule has 2 amide bonds. The Morgan fingerprint density at radius 1 is 1.42 bits per heavy atom. The van der Waals surface area contributed by atoms with E-state index in [2.05, 4.69) is 42.7 Å². The summed E-state index contributed by atoms with van der Waals surface area (Å²) >= 11 is 0. The van der Waals surface area contributed by atoms with Gasteiger partial charge in [-0.3, -0.25) is 0 Å². The highest BCUT2D eigenvalue weighted by molar-refractivity contribution is 5.74. The van der Waals surface area contributed by atoms with Gasteiger partial charge in [-0.1, -0.05) is 38.1 Å². The van der Waals surface area contributed by atoms with E-state index in [-0.39, 0.29) is 17.5 Å². The number of amides is 2. The minimum absolute atomic E-state index is 0.0991. The lowest BCUT2D eigenvalue weighted by molar-refractivity contribution is 0.233. The van der Waals surface area contributed by atoms with E-state index in [1.807, 2.05) is 6.07 Å². The summed E-state index contributed by atoms with van der Waals surface area (Å²) in [5, 5.41) is 5.80. The maximum absolute atomic E-state index is 11.8. The number of hydrogen-bond donors (Lipinski definition) is 3. The van der Waals surface area contributed by atoms with Crippen molar-refractivity contribution in [3.05, 3.63) is 35.4 Å². The Morgan fingerprint density at radius 2 is 2.16 bits per heavy atom. The van der Waals surface area contributed by atoms with Crippen LogP contribution in [-0.2, 0) is 5.41 Å². The monoisotopic (exact) mass is 261 g/mol. The number of benzene rings is 1. The van der Waals surface area contributed by atoms with Gasteiger partial charge in [0.1, 0.15) is 0 Å². The Labute approximate surface area is 114 Å². The standard InChI is InChI=1S/C15H23N3O/c1-15(2)8-7-13(18-14(19)17-10-9-16)11-5-3-4-6-12(11)15/h3-6,13H,7-10,16H2,1-2H3,(H2,17,18,19). The van der Waals surface area contributed by atoms with Crippen LogP contribution in [-0.4, -0.2) is 19.1 Å². The quantitative estimate of drug-likeness (QED) is 0.779. The van der Waals surface area contributed by atoms with Crippen LogP contribution in [0.25, 0.3) is 0 Å². The number of nitrogens with one attached hydrogen (secondary N) is 2. The summed E-state index contributed by atoms with van der Waals surface area (Å²) in [6.45, 7) is 5.49. The first-order valence-corrected chi connectivity index (χ1v) is 6.88. The molecule has 19 heavy (non-hydrogen) atoms. The first-order valence-electron chi connectivity index (χ1n) is 6.88. The summed E-state index contributed by atoms with van der Waals surface area (Å²) in [5.74, 6) is 0. The van der Waals surface area contributed by atoms with Crippen LogP contribution in [0.1, 0.15) is 43.9 Å². The molecular weight excluding hydrogens is 238 g/mol. The third kappa shape index (κ3) is 3.07. The van der Waals surface area contributed by atoms with Crippen molar-refractivity contribution in [3.63, 3.8) is 0 Å². The molecule has 0 radical (unpaired) electrons. The lowest BCUT2D eigenvalue weighted by Crippen LogP contribution is -2.42. The van der Waals surface area contributed by atoms with E-state index < -0.39 is 0 Å². The van der Waals surface area contributed by atoms with Crippen LogP contribution in [0.2, 0.25) is 0 Å². The van der Waals surface area contributed by atoms with Gasteiger partial charge in [-0.05, 0) is 29.4 Å². The van der Waals surface area contributed by atoms with Crippen molar-refractivity contribution >= 4 is 6.03 Å². The van der Waals surface area contributed by atoms with Crippen molar-refractivity contribution in [2.45, 2.75) is 38.1 Å². The molecule has 0 saturated heterocycles. The van der Waals surface area contributed by atoms with Crippen LogP contribution in [0.3, 0.4) is 0 Å².